The molecule has 0 aliphatic rings. The van der Waals surface area contributed by atoms with Crippen molar-refractivity contribution < 1.29 is 4.74 Å². The molecule has 0 aliphatic heterocycles. The number of hydrogen-bond acceptors (Lipinski definition) is 2. The van der Waals surface area contributed by atoms with E-state index < -0.39 is 0 Å². The summed E-state index contributed by atoms with van der Waals surface area (Å²) < 4.78 is 4.93. The first-order chi connectivity index (χ1) is 5.41. The van der Waals surface area contributed by atoms with Gasteiger partial charge in [0.15, 0.2) is 0 Å². The lowest BCUT2D eigenvalue weighted by atomic mass is 10.1. The Bertz CT molecular complexity index is 83.6. The van der Waals surface area contributed by atoms with Crippen molar-refractivity contribution in [3.05, 3.63) is 0 Å². The van der Waals surface area contributed by atoms with Crippen LogP contribution >= 0.6 is 12.2 Å². The normalized spacial score (nSPS) is 9.55. The highest BCUT2D eigenvalue weighted by Gasteiger charge is 1.88. The van der Waals surface area contributed by atoms with Gasteiger partial charge in [0.05, 0.1) is 6.61 Å². The number of hydrogen-bond donors (Lipinski definition) is 0. The molecule has 0 unspecified atom stereocenters. The third kappa shape index (κ3) is 9.89. The van der Waals surface area contributed by atoms with Gasteiger partial charge in [0.25, 0.3) is 0 Å². The average Bonchev–Trinajstić information content (AvgIpc) is 2.03. The van der Waals surface area contributed by atoms with E-state index in [4.69, 9.17) is 4.74 Å². The standard InChI is InChI=1S/C9H18OS/c1-2-3-4-5-6-7-8-10-9-11/h9H,2-8H2,1H3. The summed E-state index contributed by atoms with van der Waals surface area (Å²) in [5.74, 6) is 0. The van der Waals surface area contributed by atoms with Gasteiger partial charge in [-0.05, 0) is 18.6 Å². The van der Waals surface area contributed by atoms with Crippen molar-refractivity contribution in [1.29, 1.82) is 0 Å². The molecule has 0 spiro atoms. The molecule has 0 rings (SSSR count). The highest BCUT2D eigenvalue weighted by atomic mass is 32.1. The van der Waals surface area contributed by atoms with Gasteiger partial charge in [-0.2, -0.15) is 0 Å². The molecule has 0 saturated heterocycles. The van der Waals surface area contributed by atoms with Crippen LogP contribution in [0.5, 0.6) is 0 Å². The molecule has 1 nitrogen and oxygen atoms in total. The van der Waals surface area contributed by atoms with Gasteiger partial charge in [0, 0.05) is 0 Å². The van der Waals surface area contributed by atoms with Gasteiger partial charge in [-0.1, -0.05) is 39.0 Å². The van der Waals surface area contributed by atoms with E-state index in [2.05, 4.69) is 19.1 Å². The Morgan fingerprint density at radius 3 is 2.36 bits per heavy atom. The maximum atomic E-state index is 4.93. The SMILES string of the molecule is CCCCCCCCOC=S. The van der Waals surface area contributed by atoms with Gasteiger partial charge in [-0.3, -0.25) is 0 Å². The fourth-order valence-electron chi connectivity index (χ4n) is 1.01. The zero-order valence-corrected chi connectivity index (χ0v) is 8.16. The van der Waals surface area contributed by atoms with Crippen molar-refractivity contribution in [2.24, 2.45) is 0 Å². The molecule has 0 atom stereocenters. The second kappa shape index (κ2) is 9.89. The second-order valence-electron chi connectivity index (χ2n) is 2.73. The lowest BCUT2D eigenvalue weighted by Crippen LogP contribution is -1.89. The van der Waals surface area contributed by atoms with Gasteiger partial charge in [-0.15, -0.1) is 0 Å². The Kier molecular flexibility index (Phi) is 9.79. The van der Waals surface area contributed by atoms with Crippen molar-refractivity contribution >= 4 is 17.8 Å². The minimum atomic E-state index is 0.801. The molecule has 0 aromatic rings. The minimum absolute atomic E-state index is 0.801. The number of thiocarbonyl (C=S) groups is 1. The van der Waals surface area contributed by atoms with Gasteiger partial charge in [-0.25, -0.2) is 0 Å². The minimum Gasteiger partial charge on any atom is -0.490 e. The van der Waals surface area contributed by atoms with Crippen LogP contribution < -0.4 is 0 Å². The largest absolute Gasteiger partial charge is 0.490 e. The molecule has 0 aromatic carbocycles. The molecule has 0 N–H and O–H groups in total. The number of ether oxygens (including phenoxy) is 1. The summed E-state index contributed by atoms with van der Waals surface area (Å²) in [4.78, 5) is 0. The van der Waals surface area contributed by atoms with Crippen LogP contribution in [-0.4, -0.2) is 12.2 Å². The average molecular weight is 174 g/mol. The van der Waals surface area contributed by atoms with Crippen LogP contribution in [0, 0.1) is 0 Å². The van der Waals surface area contributed by atoms with Gasteiger partial charge < -0.3 is 4.74 Å². The van der Waals surface area contributed by atoms with Gasteiger partial charge in [0.1, 0.15) is 5.55 Å². The van der Waals surface area contributed by atoms with Crippen molar-refractivity contribution in [3.8, 4) is 0 Å². The molecule has 0 aliphatic carbocycles. The first-order valence-electron chi connectivity index (χ1n) is 4.47. The Morgan fingerprint density at radius 2 is 1.73 bits per heavy atom. The monoisotopic (exact) mass is 174 g/mol. The molecule has 0 fully saturated rings. The zero-order valence-electron chi connectivity index (χ0n) is 7.34. The smallest absolute Gasteiger partial charge is 0.146 e. The first-order valence-corrected chi connectivity index (χ1v) is 4.94. The van der Waals surface area contributed by atoms with Crippen LogP contribution in [0.2, 0.25) is 0 Å². The Hall–Kier alpha value is -0.110. The van der Waals surface area contributed by atoms with Crippen molar-refractivity contribution in [2.75, 3.05) is 6.61 Å². The van der Waals surface area contributed by atoms with Crippen LogP contribution in [-0.2, 0) is 4.74 Å². The lowest BCUT2D eigenvalue weighted by Gasteiger charge is -1.99. The van der Waals surface area contributed by atoms with Gasteiger partial charge >= 0.3 is 0 Å². The summed E-state index contributed by atoms with van der Waals surface area (Å²) in [6, 6.07) is 0. The van der Waals surface area contributed by atoms with E-state index >= 15 is 0 Å². The maximum Gasteiger partial charge on any atom is 0.146 e. The molecule has 0 radical (unpaired) electrons. The molecule has 0 bridgehead atoms. The van der Waals surface area contributed by atoms with Crippen LogP contribution in [0.4, 0.5) is 0 Å². The van der Waals surface area contributed by atoms with Gasteiger partial charge in [0.2, 0.25) is 0 Å². The van der Waals surface area contributed by atoms with E-state index in [0.29, 0.717) is 0 Å². The number of rotatable bonds is 8. The summed E-state index contributed by atoms with van der Waals surface area (Å²) >= 11 is 4.52. The Labute approximate surface area is 75.1 Å². The second-order valence-corrected chi connectivity index (χ2v) is 2.93. The summed E-state index contributed by atoms with van der Waals surface area (Å²) in [6.07, 6.45) is 7.83. The van der Waals surface area contributed by atoms with Crippen LogP contribution in [0.1, 0.15) is 45.4 Å². The summed E-state index contributed by atoms with van der Waals surface area (Å²) in [6.45, 7) is 3.03. The predicted octanol–water partition coefficient (Wildman–Crippen LogP) is 3.32. The van der Waals surface area contributed by atoms with E-state index in [-0.39, 0.29) is 0 Å². The number of unbranched alkanes of at least 4 members (excludes halogenated alkanes) is 5. The molecule has 2 heteroatoms. The Morgan fingerprint density at radius 1 is 1.09 bits per heavy atom. The van der Waals surface area contributed by atoms with Crippen molar-refractivity contribution in [3.63, 3.8) is 0 Å². The lowest BCUT2D eigenvalue weighted by molar-refractivity contribution is 0.312. The van der Waals surface area contributed by atoms with E-state index in [1.165, 1.54) is 37.7 Å². The zero-order chi connectivity index (χ0) is 8.36. The summed E-state index contributed by atoms with van der Waals surface area (Å²) in [5.41, 5.74) is 1.35. The summed E-state index contributed by atoms with van der Waals surface area (Å²) in [7, 11) is 0. The third-order valence-corrected chi connectivity index (χ3v) is 1.82. The summed E-state index contributed by atoms with van der Waals surface area (Å²) in [5, 5.41) is 0. The first kappa shape index (κ1) is 10.9. The van der Waals surface area contributed by atoms with Crippen molar-refractivity contribution in [1.82, 2.24) is 0 Å². The molecule has 11 heavy (non-hydrogen) atoms. The Balaban J connectivity index is 2.74. The molecule has 0 saturated carbocycles. The topological polar surface area (TPSA) is 9.23 Å². The highest BCUT2D eigenvalue weighted by molar-refractivity contribution is 7.78. The van der Waals surface area contributed by atoms with E-state index in [9.17, 15) is 0 Å². The van der Waals surface area contributed by atoms with Crippen LogP contribution in [0.3, 0.4) is 0 Å². The van der Waals surface area contributed by atoms with E-state index in [1.807, 2.05) is 0 Å². The molecule has 0 aromatic heterocycles. The fraction of sp³-hybridized carbons (Fsp3) is 0.889. The predicted molar refractivity (Wildman–Crippen MR) is 53.0 cm³/mol. The van der Waals surface area contributed by atoms with Crippen molar-refractivity contribution in [2.45, 2.75) is 45.4 Å². The van der Waals surface area contributed by atoms with Crippen LogP contribution in [0.15, 0.2) is 0 Å². The van der Waals surface area contributed by atoms with E-state index in [1.54, 1.807) is 0 Å². The highest BCUT2D eigenvalue weighted by Crippen LogP contribution is 2.04. The maximum absolute atomic E-state index is 4.93. The molecule has 66 valence electrons. The molecular formula is C9H18OS. The quantitative estimate of drug-likeness (QED) is 0.412. The fourth-order valence-corrected chi connectivity index (χ4v) is 1.11. The molecule has 0 heterocycles. The van der Waals surface area contributed by atoms with Crippen LogP contribution in [0.25, 0.3) is 0 Å². The molecule has 0 amide bonds. The third-order valence-electron chi connectivity index (χ3n) is 1.68. The molecular weight excluding hydrogens is 156 g/mol. The van der Waals surface area contributed by atoms with E-state index in [0.717, 1.165) is 13.0 Å².